The minimum Gasteiger partial charge on any atom is -0.480 e. The molecule has 0 saturated heterocycles. The topological polar surface area (TPSA) is 75.6 Å². The third-order valence-corrected chi connectivity index (χ3v) is 3.42. The molecule has 1 saturated carbocycles. The Morgan fingerprint density at radius 1 is 1.37 bits per heavy atom. The molecule has 1 unspecified atom stereocenters. The van der Waals surface area contributed by atoms with E-state index in [1.54, 1.807) is 26.8 Å². The lowest BCUT2D eigenvalue weighted by Gasteiger charge is -2.33. The van der Waals surface area contributed by atoms with Gasteiger partial charge in [-0.3, -0.25) is 0 Å². The zero-order valence-corrected chi connectivity index (χ0v) is 11.9. The lowest BCUT2D eigenvalue weighted by Crippen LogP contribution is -2.52. The molecule has 0 heterocycles. The van der Waals surface area contributed by atoms with Crippen molar-refractivity contribution in [2.24, 2.45) is 5.41 Å². The van der Waals surface area contributed by atoms with Crippen molar-refractivity contribution < 1.29 is 19.4 Å². The summed E-state index contributed by atoms with van der Waals surface area (Å²) in [4.78, 5) is 23.2. The van der Waals surface area contributed by atoms with Gasteiger partial charge in [0.1, 0.15) is 11.6 Å². The maximum Gasteiger partial charge on any atom is 0.408 e. The first-order valence-corrected chi connectivity index (χ1v) is 6.56. The quantitative estimate of drug-likeness (QED) is 0.769. The minimum atomic E-state index is -1.05. The lowest BCUT2D eigenvalue weighted by atomic mass is 9.78. The summed E-state index contributed by atoms with van der Waals surface area (Å²) in [5.74, 6) is -1.05. The third kappa shape index (κ3) is 3.98. The number of alkyl carbamates (subject to hydrolysis) is 1. The molecule has 1 atom stereocenters. The molecule has 0 spiro atoms. The molecule has 0 bridgehead atoms. The molecule has 1 amide bonds. The Labute approximate surface area is 114 Å². The summed E-state index contributed by atoms with van der Waals surface area (Å²) < 4.78 is 5.12. The van der Waals surface area contributed by atoms with Gasteiger partial charge in [0.25, 0.3) is 0 Å². The van der Waals surface area contributed by atoms with Crippen molar-refractivity contribution in [3.63, 3.8) is 0 Å². The average Bonchev–Trinajstić information content (AvgIpc) is 2.72. The van der Waals surface area contributed by atoms with E-state index in [-0.39, 0.29) is 0 Å². The van der Waals surface area contributed by atoms with Gasteiger partial charge in [0.05, 0.1) is 0 Å². The molecule has 1 rings (SSSR count). The second-order valence-corrected chi connectivity index (χ2v) is 6.06. The Kier molecular flexibility index (Phi) is 4.61. The van der Waals surface area contributed by atoms with Gasteiger partial charge in [0.2, 0.25) is 0 Å². The Morgan fingerprint density at radius 3 is 2.26 bits per heavy atom. The fourth-order valence-electron chi connectivity index (χ4n) is 2.52. The summed E-state index contributed by atoms with van der Waals surface area (Å²) in [6, 6.07) is -0.984. The smallest absolute Gasteiger partial charge is 0.408 e. The highest BCUT2D eigenvalue weighted by molar-refractivity contribution is 5.81. The van der Waals surface area contributed by atoms with Crippen molar-refractivity contribution in [1.29, 1.82) is 0 Å². The van der Waals surface area contributed by atoms with E-state index >= 15 is 0 Å². The summed E-state index contributed by atoms with van der Waals surface area (Å²) >= 11 is 0. The van der Waals surface area contributed by atoms with Gasteiger partial charge >= 0.3 is 12.1 Å². The van der Waals surface area contributed by atoms with Crippen molar-refractivity contribution >= 4 is 12.1 Å². The Bertz CT molecular complexity index is 364. The van der Waals surface area contributed by atoms with Crippen molar-refractivity contribution in [3.8, 4) is 0 Å². The molecule has 0 radical (unpaired) electrons. The van der Waals surface area contributed by atoms with Crippen molar-refractivity contribution in [1.82, 2.24) is 5.32 Å². The van der Waals surface area contributed by atoms with E-state index in [0.717, 1.165) is 25.7 Å². The summed E-state index contributed by atoms with van der Waals surface area (Å²) in [7, 11) is 0. The molecule has 1 aliphatic rings. The Balaban J connectivity index is 2.81. The van der Waals surface area contributed by atoms with Crippen LogP contribution in [0.1, 0.15) is 46.5 Å². The van der Waals surface area contributed by atoms with Gasteiger partial charge in [-0.05, 0) is 33.6 Å². The lowest BCUT2D eigenvalue weighted by molar-refractivity contribution is -0.142. The van der Waals surface area contributed by atoms with Crippen LogP contribution in [0.15, 0.2) is 12.7 Å². The van der Waals surface area contributed by atoms with Crippen LogP contribution in [0.5, 0.6) is 0 Å². The number of rotatable bonds is 4. The molecule has 108 valence electrons. The highest BCUT2D eigenvalue weighted by Gasteiger charge is 2.44. The van der Waals surface area contributed by atoms with Crippen LogP contribution in [0.25, 0.3) is 0 Å². The minimum absolute atomic E-state index is 0.567. The van der Waals surface area contributed by atoms with Crippen molar-refractivity contribution in [2.75, 3.05) is 0 Å². The summed E-state index contributed by atoms with van der Waals surface area (Å²) in [5.41, 5.74) is -1.22. The van der Waals surface area contributed by atoms with E-state index in [1.165, 1.54) is 0 Å². The van der Waals surface area contributed by atoms with Gasteiger partial charge in [-0.1, -0.05) is 18.9 Å². The van der Waals surface area contributed by atoms with Gasteiger partial charge in [-0.2, -0.15) is 0 Å². The molecule has 5 nitrogen and oxygen atoms in total. The number of hydrogen-bond donors (Lipinski definition) is 2. The molecule has 0 aromatic rings. The molecular weight excluding hydrogens is 246 g/mol. The molecule has 0 aromatic carbocycles. The van der Waals surface area contributed by atoms with Crippen LogP contribution in [-0.4, -0.2) is 28.8 Å². The standard InChI is InChI=1S/C14H23NO4/c1-5-14(8-6-7-9-14)10(11(16)17)15-12(18)19-13(2,3)4/h5,10H,1,6-9H2,2-4H3,(H,15,18)(H,16,17). The van der Waals surface area contributed by atoms with Gasteiger partial charge in [0.15, 0.2) is 0 Å². The molecule has 19 heavy (non-hydrogen) atoms. The number of ether oxygens (including phenoxy) is 1. The number of amides is 1. The largest absolute Gasteiger partial charge is 0.480 e. The highest BCUT2D eigenvalue weighted by Crippen LogP contribution is 2.42. The number of carboxylic acid groups (broad SMARTS) is 1. The van der Waals surface area contributed by atoms with Gasteiger partial charge in [-0.25, -0.2) is 9.59 Å². The van der Waals surface area contributed by atoms with Crippen molar-refractivity contribution in [2.45, 2.75) is 58.1 Å². The van der Waals surface area contributed by atoms with E-state index in [2.05, 4.69) is 11.9 Å². The van der Waals surface area contributed by atoms with Gasteiger partial charge in [-0.15, -0.1) is 6.58 Å². The van der Waals surface area contributed by atoms with Gasteiger partial charge < -0.3 is 15.2 Å². The molecular formula is C14H23NO4. The zero-order chi connectivity index (χ0) is 14.7. The molecule has 1 fully saturated rings. The monoisotopic (exact) mass is 269 g/mol. The Morgan fingerprint density at radius 2 is 1.89 bits per heavy atom. The summed E-state index contributed by atoms with van der Waals surface area (Å²) in [6.45, 7) is 8.96. The van der Waals surface area contributed by atoms with Crippen molar-refractivity contribution in [3.05, 3.63) is 12.7 Å². The van der Waals surface area contributed by atoms with Crippen LogP contribution in [-0.2, 0) is 9.53 Å². The number of carbonyl (C=O) groups excluding carboxylic acids is 1. The zero-order valence-electron chi connectivity index (χ0n) is 11.9. The summed E-state index contributed by atoms with van der Waals surface area (Å²) in [5, 5.41) is 11.8. The van der Waals surface area contributed by atoms with Gasteiger partial charge in [0, 0.05) is 5.41 Å². The maximum atomic E-state index is 11.8. The fourth-order valence-corrected chi connectivity index (χ4v) is 2.52. The first kappa shape index (κ1) is 15.5. The van der Waals surface area contributed by atoms with Crippen LogP contribution in [0, 0.1) is 5.41 Å². The molecule has 5 heteroatoms. The molecule has 0 aromatic heterocycles. The van der Waals surface area contributed by atoms with E-state index in [1.807, 2.05) is 0 Å². The van der Waals surface area contributed by atoms with E-state index in [0.29, 0.717) is 0 Å². The number of nitrogens with one attached hydrogen (secondary N) is 1. The normalized spacial score (nSPS) is 19.5. The molecule has 2 N–H and O–H groups in total. The van der Waals surface area contributed by atoms with Crippen LogP contribution in [0.3, 0.4) is 0 Å². The Hall–Kier alpha value is -1.52. The average molecular weight is 269 g/mol. The predicted octanol–water partition coefficient (Wildman–Crippen LogP) is 2.71. The van der Waals surface area contributed by atoms with E-state index in [9.17, 15) is 14.7 Å². The number of aliphatic carboxylic acids is 1. The maximum absolute atomic E-state index is 11.8. The van der Waals surface area contributed by atoms with Crippen LogP contribution >= 0.6 is 0 Å². The van der Waals surface area contributed by atoms with E-state index in [4.69, 9.17) is 4.74 Å². The van der Waals surface area contributed by atoms with Crippen LogP contribution < -0.4 is 5.32 Å². The van der Waals surface area contributed by atoms with Crippen LogP contribution in [0.2, 0.25) is 0 Å². The predicted molar refractivity (Wildman–Crippen MR) is 71.9 cm³/mol. The number of carbonyl (C=O) groups is 2. The first-order chi connectivity index (χ1) is 8.70. The van der Waals surface area contributed by atoms with Crippen LogP contribution in [0.4, 0.5) is 4.79 Å². The second-order valence-electron chi connectivity index (χ2n) is 6.06. The number of carboxylic acids is 1. The molecule has 1 aliphatic carbocycles. The number of hydrogen-bond acceptors (Lipinski definition) is 3. The SMILES string of the molecule is C=CC1(C(NC(=O)OC(C)(C)C)C(=O)O)CCCC1. The fraction of sp³-hybridized carbons (Fsp3) is 0.714. The van der Waals surface area contributed by atoms with E-state index < -0.39 is 29.1 Å². The highest BCUT2D eigenvalue weighted by atomic mass is 16.6. The first-order valence-electron chi connectivity index (χ1n) is 6.56. The third-order valence-electron chi connectivity index (χ3n) is 3.42. The molecule has 0 aliphatic heterocycles. The summed E-state index contributed by atoms with van der Waals surface area (Å²) in [6.07, 6.45) is 4.31. The second kappa shape index (κ2) is 5.63.